The summed E-state index contributed by atoms with van der Waals surface area (Å²) in [4.78, 5) is 2.61. The van der Waals surface area contributed by atoms with Gasteiger partial charge >= 0.3 is 0 Å². The lowest BCUT2D eigenvalue weighted by Gasteiger charge is -2.37. The minimum Gasteiger partial charge on any atom is -0.327 e. The molecule has 0 spiro atoms. The number of hydrogen-bond donors (Lipinski definition) is 1. The minimum atomic E-state index is 0.424. The fourth-order valence-electron chi connectivity index (χ4n) is 3.09. The zero-order valence-corrected chi connectivity index (χ0v) is 12.4. The van der Waals surface area contributed by atoms with Gasteiger partial charge in [-0.05, 0) is 43.3 Å². The van der Waals surface area contributed by atoms with Crippen LogP contribution in [-0.4, -0.2) is 30.6 Å². The Hall–Kier alpha value is -0.860. The Morgan fingerprint density at radius 1 is 1.32 bits per heavy atom. The Morgan fingerprint density at radius 3 is 2.74 bits per heavy atom. The summed E-state index contributed by atoms with van der Waals surface area (Å²) >= 11 is 0. The molecule has 3 unspecified atom stereocenters. The predicted molar refractivity (Wildman–Crippen MR) is 82.3 cm³/mol. The average molecular weight is 260 g/mol. The highest BCUT2D eigenvalue weighted by atomic mass is 15.1. The van der Waals surface area contributed by atoms with Gasteiger partial charge in [0.05, 0.1) is 0 Å². The van der Waals surface area contributed by atoms with E-state index < -0.39 is 0 Å². The van der Waals surface area contributed by atoms with E-state index >= 15 is 0 Å². The van der Waals surface area contributed by atoms with Crippen molar-refractivity contribution in [2.24, 2.45) is 11.7 Å². The Bertz CT molecular complexity index is 363. The van der Waals surface area contributed by atoms with Gasteiger partial charge in [-0.3, -0.25) is 0 Å². The third kappa shape index (κ3) is 4.05. The molecule has 19 heavy (non-hydrogen) atoms. The molecule has 0 aromatic heterocycles. The molecule has 1 saturated heterocycles. The maximum Gasteiger partial charge on any atom is 0.00914 e. The Balaban J connectivity index is 1.79. The van der Waals surface area contributed by atoms with E-state index in [9.17, 15) is 0 Å². The molecule has 1 aromatic rings. The molecule has 1 aliphatic rings. The molecule has 106 valence electrons. The molecule has 1 aliphatic heterocycles. The van der Waals surface area contributed by atoms with E-state index in [-0.39, 0.29) is 0 Å². The molecule has 2 heteroatoms. The molecule has 1 heterocycles. The SMILES string of the molecule is CCC1CN(CCC(C)c2ccccc2)CCC1N. The van der Waals surface area contributed by atoms with E-state index in [1.54, 1.807) is 0 Å². The Labute approximate surface area is 118 Å². The van der Waals surface area contributed by atoms with Crippen LogP contribution in [0.15, 0.2) is 30.3 Å². The third-order valence-corrected chi connectivity index (χ3v) is 4.65. The highest BCUT2D eigenvalue weighted by molar-refractivity contribution is 5.18. The topological polar surface area (TPSA) is 29.3 Å². The van der Waals surface area contributed by atoms with Crippen molar-refractivity contribution in [3.05, 3.63) is 35.9 Å². The fraction of sp³-hybridized carbons (Fsp3) is 0.647. The zero-order chi connectivity index (χ0) is 13.7. The van der Waals surface area contributed by atoms with Gasteiger partial charge in [0.2, 0.25) is 0 Å². The van der Waals surface area contributed by atoms with Gasteiger partial charge in [-0.1, -0.05) is 50.6 Å². The second kappa shape index (κ2) is 7.06. The molecule has 0 saturated carbocycles. The van der Waals surface area contributed by atoms with Crippen LogP contribution in [0.25, 0.3) is 0 Å². The zero-order valence-electron chi connectivity index (χ0n) is 12.4. The third-order valence-electron chi connectivity index (χ3n) is 4.65. The van der Waals surface area contributed by atoms with Crippen LogP contribution in [-0.2, 0) is 0 Å². The first-order valence-electron chi connectivity index (χ1n) is 7.73. The predicted octanol–water partition coefficient (Wildman–Crippen LogP) is 3.24. The number of rotatable bonds is 5. The van der Waals surface area contributed by atoms with Crippen LogP contribution in [0.4, 0.5) is 0 Å². The molecule has 1 fully saturated rings. The van der Waals surface area contributed by atoms with Crippen molar-refractivity contribution in [2.45, 2.75) is 45.1 Å². The Kier molecular flexibility index (Phi) is 5.41. The molecule has 3 atom stereocenters. The van der Waals surface area contributed by atoms with Crippen LogP contribution in [0.2, 0.25) is 0 Å². The summed E-state index contributed by atoms with van der Waals surface area (Å²) in [6.07, 6.45) is 3.62. The molecule has 2 N–H and O–H groups in total. The summed E-state index contributed by atoms with van der Waals surface area (Å²) in [5.74, 6) is 1.35. The molecule has 0 bridgehead atoms. The van der Waals surface area contributed by atoms with E-state index in [0.29, 0.717) is 17.9 Å². The van der Waals surface area contributed by atoms with Gasteiger partial charge in [-0.25, -0.2) is 0 Å². The van der Waals surface area contributed by atoms with Crippen LogP contribution in [0, 0.1) is 5.92 Å². The summed E-state index contributed by atoms with van der Waals surface area (Å²) in [5, 5.41) is 0. The first kappa shape index (κ1) is 14.5. The number of benzene rings is 1. The van der Waals surface area contributed by atoms with Crippen molar-refractivity contribution in [2.75, 3.05) is 19.6 Å². The van der Waals surface area contributed by atoms with Gasteiger partial charge in [0, 0.05) is 12.6 Å². The number of hydrogen-bond acceptors (Lipinski definition) is 2. The largest absolute Gasteiger partial charge is 0.327 e. The van der Waals surface area contributed by atoms with E-state index in [4.69, 9.17) is 5.73 Å². The summed E-state index contributed by atoms with van der Waals surface area (Å²) in [6, 6.07) is 11.3. The lowest BCUT2D eigenvalue weighted by Crippen LogP contribution is -2.47. The van der Waals surface area contributed by atoms with Gasteiger partial charge in [0.25, 0.3) is 0 Å². The minimum absolute atomic E-state index is 0.424. The number of likely N-dealkylation sites (tertiary alicyclic amines) is 1. The smallest absolute Gasteiger partial charge is 0.00914 e. The molecule has 0 amide bonds. The maximum absolute atomic E-state index is 6.17. The van der Waals surface area contributed by atoms with Crippen LogP contribution in [0.3, 0.4) is 0 Å². The molecule has 1 aromatic carbocycles. The van der Waals surface area contributed by atoms with Crippen molar-refractivity contribution in [3.8, 4) is 0 Å². The number of nitrogens with two attached hydrogens (primary N) is 1. The second-order valence-electron chi connectivity index (χ2n) is 6.02. The summed E-state index contributed by atoms with van der Waals surface area (Å²) < 4.78 is 0. The van der Waals surface area contributed by atoms with E-state index in [0.717, 1.165) is 6.42 Å². The highest BCUT2D eigenvalue weighted by Crippen LogP contribution is 2.22. The average Bonchev–Trinajstić information content (AvgIpc) is 2.47. The lowest BCUT2D eigenvalue weighted by molar-refractivity contribution is 0.148. The monoisotopic (exact) mass is 260 g/mol. The first-order valence-corrected chi connectivity index (χ1v) is 7.73. The molecule has 2 rings (SSSR count). The van der Waals surface area contributed by atoms with Crippen LogP contribution < -0.4 is 5.73 Å². The first-order chi connectivity index (χ1) is 9.20. The van der Waals surface area contributed by atoms with Crippen molar-refractivity contribution in [3.63, 3.8) is 0 Å². The van der Waals surface area contributed by atoms with Crippen LogP contribution in [0.5, 0.6) is 0 Å². The highest BCUT2D eigenvalue weighted by Gasteiger charge is 2.25. The lowest BCUT2D eigenvalue weighted by atomic mass is 9.90. The normalized spacial score (nSPS) is 26.3. The maximum atomic E-state index is 6.17. The quantitative estimate of drug-likeness (QED) is 0.880. The van der Waals surface area contributed by atoms with Crippen molar-refractivity contribution in [1.82, 2.24) is 4.90 Å². The number of nitrogens with zero attached hydrogens (tertiary/aromatic N) is 1. The van der Waals surface area contributed by atoms with Crippen LogP contribution in [0.1, 0.15) is 44.6 Å². The molecular formula is C17H28N2. The van der Waals surface area contributed by atoms with Crippen molar-refractivity contribution < 1.29 is 0 Å². The molecular weight excluding hydrogens is 232 g/mol. The molecule has 0 radical (unpaired) electrons. The second-order valence-corrected chi connectivity index (χ2v) is 6.02. The summed E-state index contributed by atoms with van der Waals surface area (Å²) in [6.45, 7) is 8.18. The van der Waals surface area contributed by atoms with E-state index in [2.05, 4.69) is 49.1 Å². The summed E-state index contributed by atoms with van der Waals surface area (Å²) in [7, 11) is 0. The van der Waals surface area contributed by atoms with Crippen LogP contribution >= 0.6 is 0 Å². The number of piperidine rings is 1. The van der Waals surface area contributed by atoms with Crippen molar-refractivity contribution in [1.29, 1.82) is 0 Å². The van der Waals surface area contributed by atoms with Gasteiger partial charge in [0.15, 0.2) is 0 Å². The standard InChI is InChI=1S/C17H28N2/c1-3-15-13-19(12-10-17(15)18)11-9-14(2)16-7-5-4-6-8-16/h4-8,14-15,17H,3,9-13,18H2,1-2H3. The van der Waals surface area contributed by atoms with Crippen molar-refractivity contribution >= 4 is 0 Å². The Morgan fingerprint density at radius 2 is 2.05 bits per heavy atom. The van der Waals surface area contributed by atoms with E-state index in [1.807, 2.05) is 0 Å². The fourth-order valence-corrected chi connectivity index (χ4v) is 3.09. The van der Waals surface area contributed by atoms with Gasteiger partial charge in [-0.2, -0.15) is 0 Å². The van der Waals surface area contributed by atoms with E-state index in [1.165, 1.54) is 38.0 Å². The molecule has 2 nitrogen and oxygen atoms in total. The summed E-state index contributed by atoms with van der Waals surface area (Å²) in [5.41, 5.74) is 7.63. The van der Waals surface area contributed by atoms with Gasteiger partial charge < -0.3 is 10.6 Å². The van der Waals surface area contributed by atoms with Gasteiger partial charge in [-0.15, -0.1) is 0 Å². The van der Waals surface area contributed by atoms with Gasteiger partial charge in [0.1, 0.15) is 0 Å². The molecule has 0 aliphatic carbocycles.